The van der Waals surface area contributed by atoms with Gasteiger partial charge in [0, 0.05) is 13.1 Å². The van der Waals surface area contributed by atoms with Crippen LogP contribution in [0.2, 0.25) is 6.32 Å². The van der Waals surface area contributed by atoms with Gasteiger partial charge in [-0.1, -0.05) is 6.32 Å². The Morgan fingerprint density at radius 2 is 1.75 bits per heavy atom. The smallest absolute Gasteiger partial charge is 0.449 e. The van der Waals surface area contributed by atoms with Crippen molar-refractivity contribution in [1.82, 2.24) is 4.90 Å². The molecule has 66 valence electrons. The van der Waals surface area contributed by atoms with Gasteiger partial charge in [-0.2, -0.15) is 0 Å². The predicted molar refractivity (Wildman–Crippen MR) is 35.2 cm³/mol. The van der Waals surface area contributed by atoms with Crippen molar-refractivity contribution in [2.75, 3.05) is 19.6 Å². The second-order valence-electron chi connectivity index (χ2n) is 2.86. The van der Waals surface area contributed by atoms with Crippen molar-refractivity contribution in [3.63, 3.8) is 0 Å². The minimum atomic E-state index is -4.69. The minimum absolute atomic E-state index is 0. The van der Waals surface area contributed by atoms with Gasteiger partial charge in [0.1, 0.15) is 6.17 Å². The Morgan fingerprint density at radius 3 is 2.08 bits per heavy atom. The van der Waals surface area contributed by atoms with Gasteiger partial charge in [0.25, 0.3) is 0 Å². The summed E-state index contributed by atoms with van der Waals surface area (Å²) in [4.78, 5) is 1.47. The van der Waals surface area contributed by atoms with Crippen LogP contribution in [0.4, 0.5) is 17.3 Å². The van der Waals surface area contributed by atoms with Gasteiger partial charge in [-0.3, -0.25) is 0 Å². The van der Waals surface area contributed by atoms with Crippen LogP contribution in [0, 0.1) is 0 Å². The Balaban J connectivity index is 0.00000121. The van der Waals surface area contributed by atoms with Crippen LogP contribution in [-0.2, 0) is 0 Å². The van der Waals surface area contributed by atoms with E-state index in [-0.39, 0.29) is 71.0 Å². The van der Waals surface area contributed by atoms with Crippen LogP contribution in [0.1, 0.15) is 0 Å². The van der Waals surface area contributed by atoms with Crippen LogP contribution in [-0.4, -0.2) is 37.7 Å². The summed E-state index contributed by atoms with van der Waals surface area (Å²) in [6.07, 6.45) is -1.68. The molecule has 0 aromatic rings. The van der Waals surface area contributed by atoms with E-state index in [1.807, 2.05) is 0 Å². The zero-order valence-electron chi connectivity index (χ0n) is 6.94. The molecule has 1 heterocycles. The number of alkyl halides is 1. The Morgan fingerprint density at radius 1 is 1.25 bits per heavy atom. The fourth-order valence-corrected chi connectivity index (χ4v) is 1.02. The van der Waals surface area contributed by atoms with Gasteiger partial charge in [0.05, 0.1) is 0 Å². The molecule has 1 aliphatic heterocycles. The molecule has 0 unspecified atom stereocenters. The van der Waals surface area contributed by atoms with E-state index < -0.39 is 19.5 Å². The fourth-order valence-electron chi connectivity index (χ4n) is 1.02. The standard InChI is InChI=1S/C5H9BF4N.K/c7-5-3-11(4-5)2-1-6(8,9)10;/h5H,1-4H2;/q-1;+1. The average molecular weight is 209 g/mol. The van der Waals surface area contributed by atoms with E-state index in [1.165, 1.54) is 4.90 Å². The zero-order chi connectivity index (χ0) is 8.48. The van der Waals surface area contributed by atoms with Crippen LogP contribution in [0.25, 0.3) is 0 Å². The Labute approximate surface area is 111 Å². The molecule has 12 heavy (non-hydrogen) atoms. The summed E-state index contributed by atoms with van der Waals surface area (Å²) in [5, 5.41) is 0. The summed E-state index contributed by atoms with van der Waals surface area (Å²) in [6.45, 7) is -4.38. The van der Waals surface area contributed by atoms with E-state index in [2.05, 4.69) is 0 Å². The third kappa shape index (κ3) is 5.18. The van der Waals surface area contributed by atoms with E-state index in [0.717, 1.165) is 0 Å². The first-order chi connectivity index (χ1) is 4.97. The Kier molecular flexibility index (Phi) is 5.92. The summed E-state index contributed by atoms with van der Waals surface area (Å²) in [6, 6.07) is 0. The second-order valence-corrected chi connectivity index (χ2v) is 2.86. The molecule has 0 aromatic carbocycles. The number of hydrogen-bond acceptors (Lipinski definition) is 1. The van der Waals surface area contributed by atoms with Gasteiger partial charge in [0.2, 0.25) is 0 Å². The molecule has 0 amide bonds. The number of hydrogen-bond donors (Lipinski definition) is 0. The van der Waals surface area contributed by atoms with Gasteiger partial charge in [-0.05, 0) is 6.54 Å². The van der Waals surface area contributed by atoms with E-state index in [1.54, 1.807) is 0 Å². The first kappa shape index (κ1) is 13.4. The topological polar surface area (TPSA) is 3.24 Å². The molecule has 0 N–H and O–H groups in total. The van der Waals surface area contributed by atoms with Crippen LogP contribution in [0.5, 0.6) is 0 Å². The quantitative estimate of drug-likeness (QED) is 0.403. The summed E-state index contributed by atoms with van der Waals surface area (Å²) >= 11 is 0. The monoisotopic (exact) mass is 209 g/mol. The van der Waals surface area contributed by atoms with Crippen LogP contribution < -0.4 is 51.4 Å². The first-order valence-electron chi connectivity index (χ1n) is 3.55. The Bertz CT molecular complexity index is 136. The molecule has 0 aromatic heterocycles. The molecule has 0 aliphatic carbocycles. The molecule has 0 spiro atoms. The zero-order valence-corrected chi connectivity index (χ0v) is 10.1. The van der Waals surface area contributed by atoms with Gasteiger partial charge in [0.15, 0.2) is 0 Å². The number of likely N-dealkylation sites (tertiary alicyclic amines) is 1. The van der Waals surface area contributed by atoms with Crippen molar-refractivity contribution in [2.45, 2.75) is 12.5 Å². The van der Waals surface area contributed by atoms with Crippen molar-refractivity contribution in [3.05, 3.63) is 0 Å². The molecule has 7 heteroatoms. The normalized spacial score (nSPS) is 20.0. The SMILES string of the molecule is FC1CN(CC[B-](F)(F)F)C1.[K+]. The van der Waals surface area contributed by atoms with Gasteiger partial charge >= 0.3 is 58.4 Å². The van der Waals surface area contributed by atoms with Crippen molar-refractivity contribution >= 4 is 6.98 Å². The molecule has 1 rings (SSSR count). The summed E-state index contributed by atoms with van der Waals surface area (Å²) in [5.41, 5.74) is 0. The van der Waals surface area contributed by atoms with Crippen LogP contribution in [0.15, 0.2) is 0 Å². The van der Waals surface area contributed by atoms with Crippen LogP contribution >= 0.6 is 0 Å². The van der Waals surface area contributed by atoms with Crippen LogP contribution in [0.3, 0.4) is 0 Å². The van der Waals surface area contributed by atoms with Crippen molar-refractivity contribution < 1.29 is 68.7 Å². The molecule has 1 fully saturated rings. The molecule has 0 saturated carbocycles. The molecule has 0 atom stereocenters. The maximum atomic E-state index is 12.1. The molecule has 1 nitrogen and oxygen atoms in total. The van der Waals surface area contributed by atoms with E-state index >= 15 is 0 Å². The number of halogens is 4. The second kappa shape index (κ2) is 5.31. The maximum Gasteiger partial charge on any atom is 1.00 e. The molecular weight excluding hydrogens is 200 g/mol. The number of rotatable bonds is 3. The third-order valence-corrected chi connectivity index (χ3v) is 1.69. The average Bonchev–Trinajstić information content (AvgIpc) is 1.75. The first-order valence-corrected chi connectivity index (χ1v) is 3.55. The van der Waals surface area contributed by atoms with Gasteiger partial charge in [-0.15, -0.1) is 0 Å². The van der Waals surface area contributed by atoms with Gasteiger partial charge < -0.3 is 17.8 Å². The fraction of sp³-hybridized carbons (Fsp3) is 1.00. The van der Waals surface area contributed by atoms with E-state index in [0.29, 0.717) is 0 Å². The third-order valence-electron chi connectivity index (χ3n) is 1.69. The maximum absolute atomic E-state index is 12.1. The number of nitrogens with zero attached hydrogens (tertiary/aromatic N) is 1. The minimum Gasteiger partial charge on any atom is -0.449 e. The van der Waals surface area contributed by atoms with E-state index in [4.69, 9.17) is 0 Å². The molecule has 0 radical (unpaired) electrons. The summed E-state index contributed by atoms with van der Waals surface area (Å²) in [7, 11) is 0. The van der Waals surface area contributed by atoms with E-state index in [9.17, 15) is 17.3 Å². The Hall–Kier alpha value is 1.38. The van der Waals surface area contributed by atoms with Crippen molar-refractivity contribution in [1.29, 1.82) is 0 Å². The van der Waals surface area contributed by atoms with Crippen molar-refractivity contribution in [3.8, 4) is 0 Å². The summed E-state index contributed by atoms with van der Waals surface area (Å²) in [5.74, 6) is 0. The molecule has 1 aliphatic rings. The largest absolute Gasteiger partial charge is 1.00 e. The van der Waals surface area contributed by atoms with Crippen molar-refractivity contribution in [2.24, 2.45) is 0 Å². The molecule has 0 bridgehead atoms. The summed E-state index contributed by atoms with van der Waals surface area (Å²) < 4.78 is 46.9. The molecule has 1 saturated heterocycles. The predicted octanol–water partition coefficient (Wildman–Crippen LogP) is -1.51. The molecular formula is C5H9BF4KN. The van der Waals surface area contributed by atoms with Gasteiger partial charge in [-0.25, -0.2) is 4.39 Å².